The first kappa shape index (κ1) is 17.7. The molecular weight excluding hydrogens is 280 g/mol. The van der Waals surface area contributed by atoms with Gasteiger partial charge in [-0.25, -0.2) is 0 Å². The van der Waals surface area contributed by atoms with E-state index < -0.39 is 0 Å². The Balaban J connectivity index is 1.63. The highest BCUT2D eigenvalue weighted by Crippen LogP contribution is 2.07. The summed E-state index contributed by atoms with van der Waals surface area (Å²) < 4.78 is 0. The summed E-state index contributed by atoms with van der Waals surface area (Å²) in [5.74, 6) is 0. The fourth-order valence-electron chi connectivity index (χ4n) is 2.71. The molecule has 0 heterocycles. The lowest BCUT2D eigenvalue weighted by Gasteiger charge is -2.21. The zero-order chi connectivity index (χ0) is 16.3. The first-order valence-corrected chi connectivity index (χ1v) is 8.58. The molecule has 0 spiro atoms. The molecule has 123 valence electrons. The quantitative estimate of drug-likeness (QED) is 0.606. The molecule has 0 aliphatic carbocycles. The highest BCUT2D eigenvalue weighted by atomic mass is 15.1. The van der Waals surface area contributed by atoms with Crippen molar-refractivity contribution in [1.29, 1.82) is 0 Å². The van der Waals surface area contributed by atoms with Crippen molar-refractivity contribution in [3.8, 4) is 0 Å². The van der Waals surface area contributed by atoms with Gasteiger partial charge in [-0.1, -0.05) is 67.6 Å². The number of nitrogens with zero attached hydrogens (tertiary/aromatic N) is 2. The van der Waals surface area contributed by atoms with E-state index in [2.05, 4.69) is 90.9 Å². The maximum absolute atomic E-state index is 2.48. The summed E-state index contributed by atoms with van der Waals surface area (Å²) >= 11 is 0. The highest BCUT2D eigenvalue weighted by molar-refractivity contribution is 5.15. The van der Waals surface area contributed by atoms with Gasteiger partial charge in [0.2, 0.25) is 0 Å². The average Bonchev–Trinajstić information content (AvgIpc) is 2.59. The van der Waals surface area contributed by atoms with E-state index in [1.165, 1.54) is 11.1 Å². The van der Waals surface area contributed by atoms with Crippen LogP contribution in [-0.4, -0.2) is 36.5 Å². The molecule has 0 saturated carbocycles. The largest absolute Gasteiger partial charge is 0.302 e. The molecule has 0 bridgehead atoms. The van der Waals surface area contributed by atoms with Crippen LogP contribution in [0.5, 0.6) is 0 Å². The van der Waals surface area contributed by atoms with Crippen molar-refractivity contribution in [3.63, 3.8) is 0 Å². The number of hydrogen-bond acceptors (Lipinski definition) is 2. The second-order valence-electron chi connectivity index (χ2n) is 6.11. The van der Waals surface area contributed by atoms with Gasteiger partial charge in [-0.15, -0.1) is 0 Å². The molecule has 0 saturated heterocycles. The molecular formula is C21H29N2. The van der Waals surface area contributed by atoms with Gasteiger partial charge in [-0.2, -0.15) is 0 Å². The van der Waals surface area contributed by atoms with Crippen LogP contribution in [0.4, 0.5) is 0 Å². The first-order valence-electron chi connectivity index (χ1n) is 8.58. The molecule has 0 aliphatic heterocycles. The van der Waals surface area contributed by atoms with Crippen molar-refractivity contribution >= 4 is 0 Å². The summed E-state index contributed by atoms with van der Waals surface area (Å²) in [6, 6.07) is 21.4. The van der Waals surface area contributed by atoms with Gasteiger partial charge in [0.15, 0.2) is 0 Å². The van der Waals surface area contributed by atoms with Crippen LogP contribution in [0.25, 0.3) is 0 Å². The SMILES string of the molecule is CCN(C[CH]CCN(C)Cc1ccccc1)Cc1ccccc1. The van der Waals surface area contributed by atoms with Crippen molar-refractivity contribution < 1.29 is 0 Å². The Morgan fingerprint density at radius 2 is 1.39 bits per heavy atom. The topological polar surface area (TPSA) is 6.48 Å². The van der Waals surface area contributed by atoms with E-state index in [4.69, 9.17) is 0 Å². The molecule has 0 aromatic heterocycles. The molecule has 2 nitrogen and oxygen atoms in total. The summed E-state index contributed by atoms with van der Waals surface area (Å²) in [5.41, 5.74) is 2.78. The number of rotatable bonds is 10. The van der Waals surface area contributed by atoms with Gasteiger partial charge in [-0.05, 0) is 44.1 Å². The van der Waals surface area contributed by atoms with Crippen LogP contribution in [0, 0.1) is 6.42 Å². The fourth-order valence-corrected chi connectivity index (χ4v) is 2.71. The van der Waals surface area contributed by atoms with Crippen molar-refractivity contribution in [2.24, 2.45) is 0 Å². The third-order valence-corrected chi connectivity index (χ3v) is 4.09. The van der Waals surface area contributed by atoms with E-state index in [0.717, 1.165) is 39.1 Å². The van der Waals surface area contributed by atoms with Gasteiger partial charge in [0.25, 0.3) is 0 Å². The maximum atomic E-state index is 2.48. The number of benzene rings is 2. The summed E-state index contributed by atoms with van der Waals surface area (Å²) in [5, 5.41) is 0. The monoisotopic (exact) mass is 309 g/mol. The second kappa shape index (κ2) is 10.2. The van der Waals surface area contributed by atoms with Gasteiger partial charge in [0, 0.05) is 19.6 Å². The predicted octanol–water partition coefficient (Wildman–Crippen LogP) is 4.23. The van der Waals surface area contributed by atoms with E-state index in [1.54, 1.807) is 0 Å². The lowest BCUT2D eigenvalue weighted by Crippen LogP contribution is -2.26. The number of hydrogen-bond donors (Lipinski definition) is 0. The number of unbranched alkanes of at least 4 members (excludes halogenated alkanes) is 1. The Morgan fingerprint density at radius 3 is 1.96 bits per heavy atom. The summed E-state index contributed by atoms with van der Waals surface area (Å²) in [6.45, 7) is 7.55. The Kier molecular flexibility index (Phi) is 7.85. The molecule has 0 atom stereocenters. The van der Waals surface area contributed by atoms with Crippen molar-refractivity contribution in [2.45, 2.75) is 26.4 Å². The average molecular weight is 309 g/mol. The van der Waals surface area contributed by atoms with Crippen LogP contribution in [0.1, 0.15) is 24.5 Å². The highest BCUT2D eigenvalue weighted by Gasteiger charge is 2.05. The molecule has 0 N–H and O–H groups in total. The zero-order valence-corrected chi connectivity index (χ0v) is 14.5. The molecule has 23 heavy (non-hydrogen) atoms. The van der Waals surface area contributed by atoms with Crippen LogP contribution in [0.15, 0.2) is 60.7 Å². The van der Waals surface area contributed by atoms with Crippen LogP contribution >= 0.6 is 0 Å². The molecule has 0 fully saturated rings. The van der Waals surface area contributed by atoms with Gasteiger partial charge >= 0.3 is 0 Å². The van der Waals surface area contributed by atoms with Crippen molar-refractivity contribution in [2.75, 3.05) is 26.7 Å². The predicted molar refractivity (Wildman–Crippen MR) is 99.1 cm³/mol. The van der Waals surface area contributed by atoms with E-state index in [0.29, 0.717) is 0 Å². The van der Waals surface area contributed by atoms with E-state index in [1.807, 2.05) is 0 Å². The molecule has 0 amide bonds. The molecule has 2 aromatic carbocycles. The Morgan fingerprint density at radius 1 is 0.826 bits per heavy atom. The van der Waals surface area contributed by atoms with E-state index in [9.17, 15) is 0 Å². The Hall–Kier alpha value is -1.64. The van der Waals surface area contributed by atoms with E-state index in [-0.39, 0.29) is 0 Å². The summed E-state index contributed by atoms with van der Waals surface area (Å²) in [7, 11) is 2.20. The van der Waals surface area contributed by atoms with Crippen LogP contribution < -0.4 is 0 Å². The third-order valence-electron chi connectivity index (χ3n) is 4.09. The summed E-state index contributed by atoms with van der Waals surface area (Å²) in [6.07, 6.45) is 3.54. The van der Waals surface area contributed by atoms with Crippen LogP contribution in [0.3, 0.4) is 0 Å². The van der Waals surface area contributed by atoms with Gasteiger partial charge in [0.05, 0.1) is 0 Å². The lowest BCUT2D eigenvalue weighted by atomic mass is 10.2. The molecule has 0 unspecified atom stereocenters. The smallest absolute Gasteiger partial charge is 0.0233 e. The lowest BCUT2D eigenvalue weighted by molar-refractivity contribution is 0.287. The zero-order valence-electron chi connectivity index (χ0n) is 14.5. The fraction of sp³-hybridized carbons (Fsp3) is 0.381. The van der Waals surface area contributed by atoms with Crippen molar-refractivity contribution in [1.82, 2.24) is 9.80 Å². The molecule has 2 rings (SSSR count). The van der Waals surface area contributed by atoms with Gasteiger partial charge < -0.3 is 4.90 Å². The maximum Gasteiger partial charge on any atom is 0.0233 e. The van der Waals surface area contributed by atoms with Gasteiger partial charge in [0.1, 0.15) is 0 Å². The Labute approximate surface area is 141 Å². The third kappa shape index (κ3) is 6.98. The molecule has 0 aliphatic rings. The first-order chi connectivity index (χ1) is 11.3. The van der Waals surface area contributed by atoms with Crippen LogP contribution in [-0.2, 0) is 13.1 Å². The minimum absolute atomic E-state index is 1.02. The van der Waals surface area contributed by atoms with Crippen molar-refractivity contribution in [3.05, 3.63) is 78.2 Å². The molecule has 1 radical (unpaired) electrons. The standard InChI is InChI=1S/C21H29N2/c1-3-23(19-21-14-8-5-9-15-21)17-11-10-16-22(2)18-20-12-6-4-7-13-20/h4-9,11-15H,3,10,16-19H2,1-2H3. The second-order valence-corrected chi connectivity index (χ2v) is 6.11. The molecule has 2 heteroatoms. The summed E-state index contributed by atoms with van der Waals surface area (Å²) in [4.78, 5) is 4.87. The van der Waals surface area contributed by atoms with Crippen LogP contribution in [0.2, 0.25) is 0 Å². The van der Waals surface area contributed by atoms with E-state index >= 15 is 0 Å². The minimum Gasteiger partial charge on any atom is -0.302 e. The minimum atomic E-state index is 1.02. The normalized spacial score (nSPS) is 11.3. The Bertz CT molecular complexity index is 524. The molecule has 2 aromatic rings. The van der Waals surface area contributed by atoms with Gasteiger partial charge in [-0.3, -0.25) is 4.90 Å².